The van der Waals surface area contributed by atoms with Gasteiger partial charge in [0, 0.05) is 11.1 Å². The van der Waals surface area contributed by atoms with E-state index in [-0.39, 0.29) is 22.2 Å². The van der Waals surface area contributed by atoms with Crippen molar-refractivity contribution in [1.29, 1.82) is 0 Å². The number of nitrogens with one attached hydrogen (secondary N) is 1. The van der Waals surface area contributed by atoms with Crippen LogP contribution >= 0.6 is 11.6 Å². The first-order valence-corrected chi connectivity index (χ1v) is 6.50. The Labute approximate surface area is 125 Å². The molecule has 1 aliphatic heterocycles. The summed E-state index contributed by atoms with van der Waals surface area (Å²) in [5.74, 6) is -0.837. The molecule has 3 rings (SSSR count). The summed E-state index contributed by atoms with van der Waals surface area (Å²) in [5, 5.41) is 10.6. The zero-order valence-electron chi connectivity index (χ0n) is 10.7. The molecule has 0 bridgehead atoms. The van der Waals surface area contributed by atoms with Gasteiger partial charge in [-0.3, -0.25) is 4.79 Å². The van der Waals surface area contributed by atoms with E-state index >= 15 is 0 Å². The highest BCUT2D eigenvalue weighted by Crippen LogP contribution is 2.23. The third kappa shape index (κ3) is 2.55. The lowest BCUT2D eigenvalue weighted by molar-refractivity contribution is -0.110. The number of halogens is 2. The van der Waals surface area contributed by atoms with Crippen LogP contribution < -0.4 is 5.32 Å². The van der Waals surface area contributed by atoms with Crippen LogP contribution in [0.1, 0.15) is 11.1 Å². The van der Waals surface area contributed by atoms with Crippen molar-refractivity contribution >= 4 is 35.1 Å². The van der Waals surface area contributed by atoms with Gasteiger partial charge in [0.1, 0.15) is 5.82 Å². The molecule has 4 nitrogen and oxygen atoms in total. The van der Waals surface area contributed by atoms with E-state index in [4.69, 9.17) is 11.6 Å². The Morgan fingerprint density at radius 2 is 1.95 bits per heavy atom. The molecule has 1 heterocycles. The Balaban J connectivity index is 1.93. The Morgan fingerprint density at radius 1 is 1.14 bits per heavy atom. The molecule has 104 valence electrons. The number of benzene rings is 2. The van der Waals surface area contributed by atoms with Gasteiger partial charge in [0.25, 0.3) is 5.91 Å². The van der Waals surface area contributed by atoms with Gasteiger partial charge in [-0.2, -0.15) is 5.10 Å². The van der Waals surface area contributed by atoms with Crippen molar-refractivity contribution in [2.24, 2.45) is 10.2 Å². The maximum Gasteiger partial charge on any atom is 0.276 e. The predicted octanol–water partition coefficient (Wildman–Crippen LogP) is 3.25. The van der Waals surface area contributed by atoms with E-state index in [1.807, 2.05) is 6.07 Å². The van der Waals surface area contributed by atoms with E-state index in [0.29, 0.717) is 11.3 Å². The smallest absolute Gasteiger partial charge is 0.276 e. The number of anilines is 1. The van der Waals surface area contributed by atoms with Crippen molar-refractivity contribution in [2.45, 2.75) is 0 Å². The molecule has 0 spiro atoms. The Morgan fingerprint density at radius 3 is 2.76 bits per heavy atom. The summed E-state index contributed by atoms with van der Waals surface area (Å²) < 4.78 is 13.6. The van der Waals surface area contributed by atoms with Crippen molar-refractivity contribution < 1.29 is 9.18 Å². The standard InChI is InChI=1S/C15H9ClFN3O/c16-11-5-3-6-12(17)10(11)8-18-20-14-9-4-1-2-7-13(9)19-15(14)21/h1-8H,(H,19,20,21)/b18-8-. The summed E-state index contributed by atoms with van der Waals surface area (Å²) in [6.45, 7) is 0. The summed E-state index contributed by atoms with van der Waals surface area (Å²) in [6.07, 6.45) is 1.19. The van der Waals surface area contributed by atoms with Crippen LogP contribution in [0.25, 0.3) is 0 Å². The lowest BCUT2D eigenvalue weighted by atomic mass is 10.1. The number of rotatable bonds is 2. The molecule has 0 atom stereocenters. The van der Waals surface area contributed by atoms with Crippen molar-refractivity contribution in [1.82, 2.24) is 0 Å². The third-order valence-corrected chi connectivity index (χ3v) is 3.32. The molecule has 2 aromatic carbocycles. The molecule has 1 N–H and O–H groups in total. The molecule has 0 unspecified atom stereocenters. The zero-order chi connectivity index (χ0) is 14.8. The van der Waals surface area contributed by atoms with Crippen molar-refractivity contribution in [2.75, 3.05) is 5.32 Å². The van der Waals surface area contributed by atoms with Crippen molar-refractivity contribution in [3.63, 3.8) is 0 Å². The van der Waals surface area contributed by atoms with Gasteiger partial charge in [0.15, 0.2) is 5.71 Å². The van der Waals surface area contributed by atoms with Crippen LogP contribution in [0.5, 0.6) is 0 Å². The van der Waals surface area contributed by atoms with E-state index in [0.717, 1.165) is 0 Å². The minimum atomic E-state index is -0.497. The molecule has 0 aromatic heterocycles. The molecular weight excluding hydrogens is 293 g/mol. The number of para-hydroxylation sites is 1. The fraction of sp³-hybridized carbons (Fsp3) is 0. The normalized spacial score (nSPS) is 15.5. The first kappa shape index (κ1) is 13.5. The maximum absolute atomic E-state index is 13.6. The number of fused-ring (bicyclic) bond motifs is 1. The van der Waals surface area contributed by atoms with Crippen LogP contribution in [-0.4, -0.2) is 17.8 Å². The second kappa shape index (κ2) is 5.46. The van der Waals surface area contributed by atoms with Gasteiger partial charge in [0.2, 0.25) is 0 Å². The summed E-state index contributed by atoms with van der Waals surface area (Å²) in [6, 6.07) is 11.5. The first-order chi connectivity index (χ1) is 10.2. The van der Waals surface area contributed by atoms with Crippen LogP contribution in [0.3, 0.4) is 0 Å². The average Bonchev–Trinajstić information content (AvgIpc) is 2.78. The number of hydrogen-bond donors (Lipinski definition) is 1. The highest BCUT2D eigenvalue weighted by atomic mass is 35.5. The summed E-state index contributed by atoms with van der Waals surface area (Å²) >= 11 is 5.88. The van der Waals surface area contributed by atoms with Crippen LogP contribution in [-0.2, 0) is 4.79 Å². The first-order valence-electron chi connectivity index (χ1n) is 6.12. The third-order valence-electron chi connectivity index (χ3n) is 2.99. The van der Waals surface area contributed by atoms with Crippen LogP contribution in [0.2, 0.25) is 5.02 Å². The molecule has 21 heavy (non-hydrogen) atoms. The average molecular weight is 302 g/mol. The van der Waals surface area contributed by atoms with Crippen molar-refractivity contribution in [3.8, 4) is 0 Å². The summed E-state index contributed by atoms with van der Waals surface area (Å²) in [4.78, 5) is 11.8. The van der Waals surface area contributed by atoms with Gasteiger partial charge in [-0.1, -0.05) is 35.9 Å². The molecule has 0 fully saturated rings. The maximum atomic E-state index is 13.6. The topological polar surface area (TPSA) is 53.8 Å². The molecule has 1 aliphatic rings. The van der Waals surface area contributed by atoms with Gasteiger partial charge in [-0.15, -0.1) is 5.10 Å². The van der Waals surface area contributed by atoms with Gasteiger partial charge in [-0.05, 0) is 18.2 Å². The van der Waals surface area contributed by atoms with Crippen LogP contribution in [0.15, 0.2) is 52.7 Å². The minimum Gasteiger partial charge on any atom is -0.320 e. The quantitative estimate of drug-likeness (QED) is 0.672. The lowest BCUT2D eigenvalue weighted by Crippen LogP contribution is -2.13. The van der Waals surface area contributed by atoms with Gasteiger partial charge >= 0.3 is 0 Å². The van der Waals surface area contributed by atoms with Crippen molar-refractivity contribution in [3.05, 3.63) is 64.4 Å². The number of nitrogens with zero attached hydrogens (tertiary/aromatic N) is 2. The van der Waals surface area contributed by atoms with E-state index in [1.54, 1.807) is 24.3 Å². The van der Waals surface area contributed by atoms with Gasteiger partial charge in [-0.25, -0.2) is 4.39 Å². The van der Waals surface area contributed by atoms with Gasteiger partial charge in [0.05, 0.1) is 16.9 Å². The molecule has 6 heteroatoms. The Bertz CT molecular complexity index is 766. The summed E-state index contributed by atoms with van der Waals surface area (Å²) in [5.41, 5.74) is 1.67. The number of amides is 1. The highest BCUT2D eigenvalue weighted by molar-refractivity contribution is 6.53. The van der Waals surface area contributed by atoms with Crippen LogP contribution in [0, 0.1) is 5.82 Å². The largest absolute Gasteiger partial charge is 0.320 e. The van der Waals surface area contributed by atoms with Gasteiger partial charge < -0.3 is 5.32 Å². The van der Waals surface area contributed by atoms with Crippen LogP contribution in [0.4, 0.5) is 10.1 Å². The fourth-order valence-corrected chi connectivity index (χ4v) is 2.19. The fourth-order valence-electron chi connectivity index (χ4n) is 1.98. The second-order valence-electron chi connectivity index (χ2n) is 4.33. The second-order valence-corrected chi connectivity index (χ2v) is 4.74. The minimum absolute atomic E-state index is 0.134. The molecule has 0 radical (unpaired) electrons. The molecule has 0 saturated carbocycles. The number of hydrogen-bond acceptors (Lipinski definition) is 3. The Hall–Kier alpha value is -2.53. The van der Waals surface area contributed by atoms with E-state index in [1.165, 1.54) is 18.3 Å². The lowest BCUT2D eigenvalue weighted by Gasteiger charge is -1.97. The van der Waals surface area contributed by atoms with E-state index in [9.17, 15) is 9.18 Å². The molecule has 0 aliphatic carbocycles. The number of carbonyl (C=O) groups excluding carboxylic acids is 1. The molecule has 0 saturated heterocycles. The predicted molar refractivity (Wildman–Crippen MR) is 80.6 cm³/mol. The molecular formula is C15H9ClFN3O. The highest BCUT2D eigenvalue weighted by Gasteiger charge is 2.25. The summed E-state index contributed by atoms with van der Waals surface area (Å²) in [7, 11) is 0. The molecule has 1 amide bonds. The Kier molecular flexibility index (Phi) is 3.50. The zero-order valence-corrected chi connectivity index (χ0v) is 11.4. The monoisotopic (exact) mass is 301 g/mol. The van der Waals surface area contributed by atoms with E-state index in [2.05, 4.69) is 15.5 Å². The van der Waals surface area contributed by atoms with E-state index < -0.39 is 5.82 Å². The molecule has 2 aromatic rings. The number of carbonyl (C=O) groups is 1. The SMILES string of the molecule is O=C1Nc2ccccc2/C1=N\N=C/c1c(F)cccc1Cl.